The van der Waals surface area contributed by atoms with Crippen LogP contribution in [-0.2, 0) is 4.74 Å². The molecule has 0 radical (unpaired) electrons. The van der Waals surface area contributed by atoms with Crippen LogP contribution in [0.15, 0.2) is 18.2 Å². The maximum Gasteiger partial charge on any atom is 0.165 e. The lowest BCUT2D eigenvalue weighted by Crippen LogP contribution is -2.12. The zero-order valence-electron chi connectivity index (χ0n) is 10.8. The number of methoxy groups -OCH3 is 2. The summed E-state index contributed by atoms with van der Waals surface area (Å²) in [5.41, 5.74) is 0.642. The van der Waals surface area contributed by atoms with Gasteiger partial charge < -0.3 is 14.2 Å². The first-order chi connectivity index (χ1) is 8.74. The first-order valence-electron chi connectivity index (χ1n) is 6.11. The van der Waals surface area contributed by atoms with E-state index in [2.05, 4.69) is 0 Å². The van der Waals surface area contributed by atoms with Crippen molar-refractivity contribution in [2.75, 3.05) is 20.8 Å². The largest absolute Gasteiger partial charge is 0.493 e. The molecule has 1 unspecified atom stereocenters. The van der Waals surface area contributed by atoms with E-state index in [0.29, 0.717) is 23.5 Å². The maximum absolute atomic E-state index is 12.1. The van der Waals surface area contributed by atoms with Crippen molar-refractivity contribution in [3.63, 3.8) is 0 Å². The molecule has 0 N–H and O–H groups in total. The molecule has 4 heteroatoms. The van der Waals surface area contributed by atoms with Gasteiger partial charge in [0.15, 0.2) is 17.3 Å². The smallest absolute Gasteiger partial charge is 0.165 e. The molecule has 1 saturated heterocycles. The lowest BCUT2D eigenvalue weighted by Gasteiger charge is -2.11. The van der Waals surface area contributed by atoms with Gasteiger partial charge in [-0.1, -0.05) is 0 Å². The van der Waals surface area contributed by atoms with E-state index in [0.717, 1.165) is 19.4 Å². The van der Waals surface area contributed by atoms with Crippen molar-refractivity contribution < 1.29 is 19.0 Å². The molecule has 1 aromatic rings. The van der Waals surface area contributed by atoms with Gasteiger partial charge in [-0.05, 0) is 31.0 Å². The summed E-state index contributed by atoms with van der Waals surface area (Å²) >= 11 is 0. The molecule has 1 aromatic carbocycles. The Hall–Kier alpha value is -1.55. The van der Waals surface area contributed by atoms with Gasteiger partial charge in [-0.15, -0.1) is 0 Å². The average molecular weight is 250 g/mol. The number of ether oxygens (including phenoxy) is 3. The van der Waals surface area contributed by atoms with Gasteiger partial charge in [-0.3, -0.25) is 4.79 Å². The second-order valence-electron chi connectivity index (χ2n) is 4.33. The Morgan fingerprint density at radius 2 is 2.11 bits per heavy atom. The van der Waals surface area contributed by atoms with Crippen molar-refractivity contribution in [1.82, 2.24) is 0 Å². The number of carbonyl (C=O) groups is 1. The molecule has 98 valence electrons. The van der Waals surface area contributed by atoms with Crippen LogP contribution in [0.5, 0.6) is 11.5 Å². The Kier molecular flexibility index (Phi) is 4.20. The van der Waals surface area contributed by atoms with Crippen LogP contribution >= 0.6 is 0 Å². The first-order valence-corrected chi connectivity index (χ1v) is 6.11. The predicted molar refractivity (Wildman–Crippen MR) is 67.5 cm³/mol. The topological polar surface area (TPSA) is 44.8 Å². The maximum atomic E-state index is 12.1. The molecule has 1 heterocycles. The van der Waals surface area contributed by atoms with Crippen LogP contribution in [0.3, 0.4) is 0 Å². The molecular formula is C14H18O4. The summed E-state index contributed by atoms with van der Waals surface area (Å²) in [7, 11) is 3.14. The van der Waals surface area contributed by atoms with Crippen molar-refractivity contribution >= 4 is 5.78 Å². The molecule has 4 nitrogen and oxygen atoms in total. The van der Waals surface area contributed by atoms with Crippen LogP contribution in [-0.4, -0.2) is 32.7 Å². The molecular weight excluding hydrogens is 232 g/mol. The van der Waals surface area contributed by atoms with Crippen LogP contribution in [0.25, 0.3) is 0 Å². The van der Waals surface area contributed by atoms with E-state index in [-0.39, 0.29) is 11.9 Å². The average Bonchev–Trinajstić information content (AvgIpc) is 2.90. The first kappa shape index (κ1) is 12.9. The van der Waals surface area contributed by atoms with Crippen molar-refractivity contribution in [3.05, 3.63) is 23.8 Å². The van der Waals surface area contributed by atoms with Crippen LogP contribution in [0.2, 0.25) is 0 Å². The van der Waals surface area contributed by atoms with Crippen molar-refractivity contribution in [3.8, 4) is 11.5 Å². The second-order valence-corrected chi connectivity index (χ2v) is 4.33. The van der Waals surface area contributed by atoms with Crippen molar-refractivity contribution in [1.29, 1.82) is 0 Å². The lowest BCUT2D eigenvalue weighted by atomic mass is 10.0. The minimum absolute atomic E-state index is 0.0746. The Labute approximate surface area is 107 Å². The van der Waals surface area contributed by atoms with Gasteiger partial charge in [0, 0.05) is 18.6 Å². The summed E-state index contributed by atoms with van der Waals surface area (Å²) in [6.07, 6.45) is 2.53. The zero-order chi connectivity index (χ0) is 13.0. The van der Waals surface area contributed by atoms with Crippen LogP contribution in [0, 0.1) is 0 Å². The third-order valence-corrected chi connectivity index (χ3v) is 3.14. The highest BCUT2D eigenvalue weighted by Crippen LogP contribution is 2.28. The van der Waals surface area contributed by atoms with Crippen LogP contribution in [0.4, 0.5) is 0 Å². The molecule has 1 atom stereocenters. The number of benzene rings is 1. The molecule has 2 rings (SSSR count). The molecule has 0 aliphatic carbocycles. The second kappa shape index (κ2) is 5.87. The minimum Gasteiger partial charge on any atom is -0.493 e. The number of carbonyl (C=O) groups excluding carboxylic acids is 1. The van der Waals surface area contributed by atoms with Crippen molar-refractivity contribution in [2.24, 2.45) is 0 Å². The van der Waals surface area contributed by atoms with E-state index in [4.69, 9.17) is 14.2 Å². The van der Waals surface area contributed by atoms with E-state index in [1.807, 2.05) is 0 Å². The summed E-state index contributed by atoms with van der Waals surface area (Å²) in [5.74, 6) is 1.30. The molecule has 18 heavy (non-hydrogen) atoms. The number of rotatable bonds is 5. The third kappa shape index (κ3) is 2.82. The van der Waals surface area contributed by atoms with Gasteiger partial charge >= 0.3 is 0 Å². The number of hydrogen-bond acceptors (Lipinski definition) is 4. The molecule has 0 saturated carbocycles. The van der Waals surface area contributed by atoms with Gasteiger partial charge in [0.2, 0.25) is 0 Å². The van der Waals surface area contributed by atoms with Crippen LogP contribution < -0.4 is 9.47 Å². The zero-order valence-corrected chi connectivity index (χ0v) is 10.8. The highest BCUT2D eigenvalue weighted by Gasteiger charge is 2.20. The molecule has 1 fully saturated rings. The normalized spacial score (nSPS) is 18.7. The van der Waals surface area contributed by atoms with Crippen LogP contribution in [0.1, 0.15) is 29.6 Å². The summed E-state index contributed by atoms with van der Waals surface area (Å²) in [4.78, 5) is 12.1. The quantitative estimate of drug-likeness (QED) is 0.753. The predicted octanol–water partition coefficient (Wildman–Crippen LogP) is 2.46. The van der Waals surface area contributed by atoms with Gasteiger partial charge in [0.25, 0.3) is 0 Å². The fourth-order valence-corrected chi connectivity index (χ4v) is 2.14. The summed E-state index contributed by atoms with van der Waals surface area (Å²) < 4.78 is 15.8. The Morgan fingerprint density at radius 3 is 2.72 bits per heavy atom. The van der Waals surface area contributed by atoms with E-state index in [1.54, 1.807) is 32.4 Å². The highest BCUT2D eigenvalue weighted by molar-refractivity contribution is 5.97. The Balaban J connectivity index is 2.09. The van der Waals surface area contributed by atoms with E-state index in [9.17, 15) is 4.79 Å². The minimum atomic E-state index is 0.0746. The molecule has 1 aliphatic heterocycles. The van der Waals surface area contributed by atoms with Crippen molar-refractivity contribution in [2.45, 2.75) is 25.4 Å². The summed E-state index contributed by atoms with van der Waals surface area (Å²) in [6, 6.07) is 5.23. The molecule has 0 spiro atoms. The fourth-order valence-electron chi connectivity index (χ4n) is 2.14. The van der Waals surface area contributed by atoms with E-state index >= 15 is 0 Å². The van der Waals surface area contributed by atoms with E-state index < -0.39 is 0 Å². The summed E-state index contributed by atoms with van der Waals surface area (Å²) in [6.45, 7) is 0.768. The lowest BCUT2D eigenvalue weighted by molar-refractivity contribution is 0.0775. The van der Waals surface area contributed by atoms with Gasteiger partial charge in [0.1, 0.15) is 0 Å². The van der Waals surface area contributed by atoms with Gasteiger partial charge in [0.05, 0.1) is 20.3 Å². The number of hydrogen-bond donors (Lipinski definition) is 0. The SMILES string of the molecule is COc1ccc(C(=O)CC2CCCO2)cc1OC. The molecule has 1 aliphatic rings. The Bertz CT molecular complexity index is 422. The van der Waals surface area contributed by atoms with E-state index in [1.165, 1.54) is 0 Å². The van der Waals surface area contributed by atoms with Gasteiger partial charge in [-0.25, -0.2) is 0 Å². The highest BCUT2D eigenvalue weighted by atomic mass is 16.5. The third-order valence-electron chi connectivity index (χ3n) is 3.14. The number of ketones is 1. The monoisotopic (exact) mass is 250 g/mol. The molecule has 0 aromatic heterocycles. The van der Waals surface area contributed by atoms with Gasteiger partial charge in [-0.2, -0.15) is 0 Å². The number of Topliss-reactive ketones (excluding diaryl/α,β-unsaturated/α-hetero) is 1. The Morgan fingerprint density at radius 1 is 1.33 bits per heavy atom. The molecule has 0 amide bonds. The standard InChI is InChI=1S/C14H18O4/c1-16-13-6-5-10(8-14(13)17-2)12(15)9-11-4-3-7-18-11/h5-6,8,11H,3-4,7,9H2,1-2H3. The molecule has 0 bridgehead atoms. The fraction of sp³-hybridized carbons (Fsp3) is 0.500. The summed E-state index contributed by atoms with van der Waals surface area (Å²) in [5, 5.41) is 0.